The van der Waals surface area contributed by atoms with Crippen molar-refractivity contribution in [3.05, 3.63) is 12.8 Å². The Morgan fingerprint density at radius 1 is 1.38 bits per heavy atom. The van der Waals surface area contributed by atoms with Gasteiger partial charge >= 0.3 is 0 Å². The average Bonchev–Trinajstić information content (AvgIpc) is 1.99. The second-order valence-corrected chi connectivity index (χ2v) is 5.47. The van der Waals surface area contributed by atoms with Crippen molar-refractivity contribution in [2.24, 2.45) is 0 Å². The summed E-state index contributed by atoms with van der Waals surface area (Å²) in [6.07, 6.45) is 3.03. The zero-order valence-corrected chi connectivity index (χ0v) is 11.2. The molecule has 0 amide bonds. The maximum Gasteiger partial charge on any atom is 0.132 e. The third-order valence-corrected chi connectivity index (χ3v) is 2.39. The Labute approximate surface area is 99.3 Å². The summed E-state index contributed by atoms with van der Waals surface area (Å²) in [5.41, 5.74) is -0.385. The van der Waals surface area contributed by atoms with Gasteiger partial charge in [0.1, 0.15) is 5.78 Å². The van der Waals surface area contributed by atoms with Crippen molar-refractivity contribution in [2.75, 3.05) is 6.61 Å². The summed E-state index contributed by atoms with van der Waals surface area (Å²) in [5.74, 6) is 0.161. The molecule has 0 spiro atoms. The number of carbonyl (C=O) groups is 1. The Kier molecular flexibility index (Phi) is 5.73. The summed E-state index contributed by atoms with van der Waals surface area (Å²) in [7, 11) is 0. The summed E-state index contributed by atoms with van der Waals surface area (Å²) in [4.78, 5) is 11.0. The first kappa shape index (κ1) is 15.2. The Hall–Kier alpha value is -0.830. The highest BCUT2D eigenvalue weighted by Crippen LogP contribution is 2.17. The molecule has 94 valence electrons. The molecule has 0 saturated heterocycles. The van der Waals surface area contributed by atoms with Crippen molar-refractivity contribution < 1.29 is 9.53 Å². The van der Waals surface area contributed by atoms with Gasteiger partial charge in [-0.1, -0.05) is 6.58 Å². The lowest BCUT2D eigenvalue weighted by Crippen LogP contribution is -2.38. The molecule has 0 aromatic carbocycles. The summed E-state index contributed by atoms with van der Waals surface area (Å²) >= 11 is 0. The molecule has 3 heteroatoms. The van der Waals surface area contributed by atoms with Crippen molar-refractivity contribution >= 4 is 5.78 Å². The largest absolute Gasteiger partial charge is 0.386 e. The monoisotopic (exact) mass is 227 g/mol. The Morgan fingerprint density at radius 2 is 1.94 bits per heavy atom. The molecule has 16 heavy (non-hydrogen) atoms. The van der Waals surface area contributed by atoms with E-state index in [1.807, 2.05) is 13.8 Å². The molecule has 0 bridgehead atoms. The van der Waals surface area contributed by atoms with E-state index in [0.29, 0.717) is 13.0 Å². The zero-order valence-electron chi connectivity index (χ0n) is 11.2. The number of nitrogens with one attached hydrogen (secondary N) is 1. The normalized spacial score (nSPS) is 12.3. The van der Waals surface area contributed by atoms with Gasteiger partial charge in [-0.3, -0.25) is 4.79 Å². The fraction of sp³-hybridized carbons (Fsp3) is 0.769. The topological polar surface area (TPSA) is 38.3 Å². The number of hydrogen-bond acceptors (Lipinski definition) is 3. The molecule has 0 aromatic heterocycles. The quantitative estimate of drug-likeness (QED) is 0.693. The van der Waals surface area contributed by atoms with Crippen LogP contribution in [0.1, 0.15) is 47.5 Å². The van der Waals surface area contributed by atoms with E-state index in [0.717, 1.165) is 6.42 Å². The van der Waals surface area contributed by atoms with Gasteiger partial charge in [-0.05, 0) is 47.2 Å². The molecule has 0 fully saturated rings. The minimum atomic E-state index is -0.365. The summed E-state index contributed by atoms with van der Waals surface area (Å²) in [6, 6.07) is 0. The number of ether oxygens (including phenoxy) is 1. The van der Waals surface area contributed by atoms with Gasteiger partial charge in [0, 0.05) is 18.6 Å². The molecule has 0 aliphatic rings. The molecule has 0 heterocycles. The van der Waals surface area contributed by atoms with Gasteiger partial charge in [0.15, 0.2) is 0 Å². The lowest BCUT2D eigenvalue weighted by molar-refractivity contribution is -0.123. The van der Waals surface area contributed by atoms with Crippen LogP contribution in [0.4, 0.5) is 0 Å². The smallest absolute Gasteiger partial charge is 0.132 e. The third kappa shape index (κ3) is 7.46. The van der Waals surface area contributed by atoms with E-state index >= 15 is 0 Å². The molecule has 0 saturated carbocycles. The standard InChI is InChI=1S/C13H25NO2/c1-7-14-12(3,4)8-9-16-13(5,6)10-11(2)15/h7,14H,1,8-10H2,2-6H3. The second kappa shape index (κ2) is 6.04. The molecular formula is C13H25NO2. The van der Waals surface area contributed by atoms with Gasteiger partial charge in [-0.15, -0.1) is 0 Å². The molecule has 0 aliphatic heterocycles. The van der Waals surface area contributed by atoms with Crippen LogP contribution >= 0.6 is 0 Å². The van der Waals surface area contributed by atoms with Crippen molar-refractivity contribution in [1.29, 1.82) is 0 Å². The van der Waals surface area contributed by atoms with Crippen LogP contribution in [0.15, 0.2) is 12.8 Å². The number of ketones is 1. The maximum absolute atomic E-state index is 11.0. The lowest BCUT2D eigenvalue weighted by Gasteiger charge is -2.29. The van der Waals surface area contributed by atoms with Crippen LogP contribution in [-0.2, 0) is 9.53 Å². The SMILES string of the molecule is C=CNC(C)(C)CCOC(C)(C)CC(C)=O. The summed E-state index contributed by atoms with van der Waals surface area (Å²) in [5, 5.41) is 3.17. The van der Waals surface area contributed by atoms with Gasteiger partial charge in [-0.25, -0.2) is 0 Å². The predicted molar refractivity (Wildman–Crippen MR) is 67.4 cm³/mol. The van der Waals surface area contributed by atoms with Crippen LogP contribution in [0, 0.1) is 0 Å². The summed E-state index contributed by atoms with van der Waals surface area (Å²) < 4.78 is 5.73. The van der Waals surface area contributed by atoms with Crippen LogP contribution < -0.4 is 5.32 Å². The van der Waals surface area contributed by atoms with Gasteiger partial charge < -0.3 is 10.1 Å². The van der Waals surface area contributed by atoms with Crippen molar-refractivity contribution in [3.8, 4) is 0 Å². The number of carbonyl (C=O) groups excluding carboxylic acids is 1. The molecule has 0 radical (unpaired) electrons. The fourth-order valence-electron chi connectivity index (χ4n) is 1.58. The predicted octanol–water partition coefficient (Wildman–Crippen LogP) is 2.66. The molecular weight excluding hydrogens is 202 g/mol. The Morgan fingerprint density at radius 3 is 2.38 bits per heavy atom. The highest BCUT2D eigenvalue weighted by Gasteiger charge is 2.22. The molecule has 0 aliphatic carbocycles. The Bertz CT molecular complexity index is 244. The zero-order chi connectivity index (χ0) is 12.8. The van der Waals surface area contributed by atoms with E-state index in [1.165, 1.54) is 0 Å². The minimum Gasteiger partial charge on any atom is -0.386 e. The van der Waals surface area contributed by atoms with Crippen LogP contribution in [0.3, 0.4) is 0 Å². The Balaban J connectivity index is 3.96. The first-order valence-electron chi connectivity index (χ1n) is 5.70. The van der Waals surface area contributed by atoms with E-state index in [4.69, 9.17) is 4.74 Å². The molecule has 3 nitrogen and oxygen atoms in total. The fourth-order valence-corrected chi connectivity index (χ4v) is 1.58. The van der Waals surface area contributed by atoms with Gasteiger partial charge in [0.2, 0.25) is 0 Å². The van der Waals surface area contributed by atoms with E-state index in [1.54, 1.807) is 13.1 Å². The second-order valence-electron chi connectivity index (χ2n) is 5.47. The number of hydrogen-bond donors (Lipinski definition) is 1. The van der Waals surface area contributed by atoms with Crippen molar-refractivity contribution in [1.82, 2.24) is 5.32 Å². The number of rotatable bonds is 8. The summed E-state index contributed by atoms with van der Waals surface area (Å²) in [6.45, 7) is 14.0. The molecule has 0 atom stereocenters. The highest BCUT2D eigenvalue weighted by atomic mass is 16.5. The lowest BCUT2D eigenvalue weighted by atomic mass is 10.00. The first-order valence-corrected chi connectivity index (χ1v) is 5.70. The number of Topliss-reactive ketones (excluding diaryl/α,β-unsaturated/α-hetero) is 1. The molecule has 1 N–H and O–H groups in total. The third-order valence-electron chi connectivity index (χ3n) is 2.39. The van der Waals surface area contributed by atoms with E-state index in [9.17, 15) is 4.79 Å². The van der Waals surface area contributed by atoms with Gasteiger partial charge in [0.25, 0.3) is 0 Å². The van der Waals surface area contributed by atoms with Gasteiger partial charge in [0.05, 0.1) is 5.60 Å². The van der Waals surface area contributed by atoms with Crippen LogP contribution in [0.5, 0.6) is 0 Å². The molecule has 0 rings (SSSR count). The van der Waals surface area contributed by atoms with Crippen LogP contribution in [0.25, 0.3) is 0 Å². The first-order chi connectivity index (χ1) is 7.18. The molecule has 0 unspecified atom stereocenters. The van der Waals surface area contributed by atoms with E-state index in [2.05, 4.69) is 25.7 Å². The van der Waals surface area contributed by atoms with Crippen molar-refractivity contribution in [2.45, 2.75) is 58.6 Å². The van der Waals surface area contributed by atoms with Crippen LogP contribution in [-0.4, -0.2) is 23.5 Å². The average molecular weight is 227 g/mol. The maximum atomic E-state index is 11.0. The molecule has 0 aromatic rings. The van der Waals surface area contributed by atoms with E-state index < -0.39 is 0 Å². The van der Waals surface area contributed by atoms with Gasteiger partial charge in [-0.2, -0.15) is 0 Å². The minimum absolute atomic E-state index is 0.0198. The van der Waals surface area contributed by atoms with Crippen molar-refractivity contribution in [3.63, 3.8) is 0 Å². The highest BCUT2D eigenvalue weighted by molar-refractivity contribution is 5.76. The van der Waals surface area contributed by atoms with E-state index in [-0.39, 0.29) is 16.9 Å². The van der Waals surface area contributed by atoms with Crippen LogP contribution in [0.2, 0.25) is 0 Å².